The van der Waals surface area contributed by atoms with Crippen LogP contribution in [0.1, 0.15) is 11.1 Å². The van der Waals surface area contributed by atoms with Gasteiger partial charge in [0.25, 0.3) is 0 Å². The molecule has 3 rings (SSSR count). The van der Waals surface area contributed by atoms with Crippen molar-refractivity contribution in [3.63, 3.8) is 0 Å². The third-order valence-electron chi connectivity index (χ3n) is 4.32. The summed E-state index contributed by atoms with van der Waals surface area (Å²) in [5.41, 5.74) is 3.05. The normalized spacial score (nSPS) is 10.3. The second-order valence-electron chi connectivity index (χ2n) is 6.36. The first-order valence-electron chi connectivity index (χ1n) is 9.19. The van der Waals surface area contributed by atoms with Crippen LogP contribution in [0.15, 0.2) is 42.6 Å². The summed E-state index contributed by atoms with van der Waals surface area (Å²) in [5, 5.41) is 14.5. The Bertz CT molecular complexity index is 965. The SMILES string of the molecule is COc1ccc(C)cc1Nc1cnnc(NCCc2ccc(OC)c(OC)c2)n1. The zero-order valence-corrected chi connectivity index (χ0v) is 17.0. The molecule has 8 heteroatoms. The number of aromatic nitrogens is 3. The van der Waals surface area contributed by atoms with Gasteiger partial charge in [-0.25, -0.2) is 0 Å². The summed E-state index contributed by atoms with van der Waals surface area (Å²) in [4.78, 5) is 4.47. The van der Waals surface area contributed by atoms with Gasteiger partial charge < -0.3 is 24.8 Å². The number of hydrogen-bond acceptors (Lipinski definition) is 8. The summed E-state index contributed by atoms with van der Waals surface area (Å²) in [6.45, 7) is 2.67. The Morgan fingerprint density at radius 3 is 2.41 bits per heavy atom. The molecule has 2 aromatic carbocycles. The summed E-state index contributed by atoms with van der Waals surface area (Å²) in [6, 6.07) is 11.8. The van der Waals surface area contributed by atoms with Crippen LogP contribution in [-0.4, -0.2) is 43.1 Å². The molecule has 1 heterocycles. The van der Waals surface area contributed by atoms with Gasteiger partial charge in [0.1, 0.15) is 5.75 Å². The molecule has 0 saturated heterocycles. The van der Waals surface area contributed by atoms with Gasteiger partial charge >= 0.3 is 0 Å². The summed E-state index contributed by atoms with van der Waals surface area (Å²) in [6.07, 6.45) is 2.34. The maximum atomic E-state index is 5.39. The van der Waals surface area contributed by atoms with E-state index in [1.807, 2.05) is 43.3 Å². The van der Waals surface area contributed by atoms with Crippen LogP contribution < -0.4 is 24.8 Å². The van der Waals surface area contributed by atoms with Gasteiger partial charge in [0, 0.05) is 6.54 Å². The Kier molecular flexibility index (Phi) is 6.67. The van der Waals surface area contributed by atoms with E-state index in [-0.39, 0.29) is 0 Å². The predicted molar refractivity (Wildman–Crippen MR) is 113 cm³/mol. The van der Waals surface area contributed by atoms with Crippen LogP contribution in [0, 0.1) is 6.92 Å². The van der Waals surface area contributed by atoms with Gasteiger partial charge in [-0.3, -0.25) is 0 Å². The van der Waals surface area contributed by atoms with Crippen molar-refractivity contribution < 1.29 is 14.2 Å². The lowest BCUT2D eigenvalue weighted by atomic mass is 10.1. The maximum absolute atomic E-state index is 5.39. The quantitative estimate of drug-likeness (QED) is 0.568. The van der Waals surface area contributed by atoms with E-state index in [4.69, 9.17) is 14.2 Å². The maximum Gasteiger partial charge on any atom is 0.244 e. The monoisotopic (exact) mass is 395 g/mol. The molecular formula is C21H25N5O3. The minimum Gasteiger partial charge on any atom is -0.495 e. The van der Waals surface area contributed by atoms with Gasteiger partial charge in [-0.1, -0.05) is 12.1 Å². The summed E-state index contributed by atoms with van der Waals surface area (Å²) >= 11 is 0. The van der Waals surface area contributed by atoms with Gasteiger partial charge in [-0.15, -0.1) is 5.10 Å². The van der Waals surface area contributed by atoms with Crippen molar-refractivity contribution in [1.29, 1.82) is 0 Å². The summed E-state index contributed by atoms with van der Waals surface area (Å²) in [5.74, 6) is 3.18. The molecule has 0 amide bonds. The lowest BCUT2D eigenvalue weighted by molar-refractivity contribution is 0.354. The second-order valence-corrected chi connectivity index (χ2v) is 6.36. The number of hydrogen-bond donors (Lipinski definition) is 2. The van der Waals surface area contributed by atoms with Crippen LogP contribution in [-0.2, 0) is 6.42 Å². The van der Waals surface area contributed by atoms with Crippen LogP contribution in [0.25, 0.3) is 0 Å². The molecule has 0 spiro atoms. The first-order chi connectivity index (χ1) is 14.1. The van der Waals surface area contributed by atoms with E-state index in [0.717, 1.165) is 29.0 Å². The number of aryl methyl sites for hydroxylation is 1. The molecule has 0 radical (unpaired) electrons. The fourth-order valence-corrected chi connectivity index (χ4v) is 2.85. The number of methoxy groups -OCH3 is 3. The average molecular weight is 395 g/mol. The van der Waals surface area contributed by atoms with Crippen molar-refractivity contribution in [3.8, 4) is 17.2 Å². The van der Waals surface area contributed by atoms with Crippen LogP contribution in [0.4, 0.5) is 17.5 Å². The standard InChI is InChI=1S/C21H25N5O3/c1-14-5-7-17(27-2)16(11-14)24-20-13-23-26-21(25-20)22-10-9-15-6-8-18(28-3)19(12-15)29-4/h5-8,11-13H,9-10H2,1-4H3,(H2,22,24,25,26). The smallest absolute Gasteiger partial charge is 0.244 e. The molecule has 1 aromatic heterocycles. The van der Waals surface area contributed by atoms with Crippen molar-refractivity contribution >= 4 is 17.5 Å². The number of nitrogens with zero attached hydrogens (tertiary/aromatic N) is 3. The summed E-state index contributed by atoms with van der Waals surface area (Å²) < 4.78 is 16.0. The van der Waals surface area contributed by atoms with E-state index in [0.29, 0.717) is 29.8 Å². The third kappa shape index (κ3) is 5.25. The van der Waals surface area contributed by atoms with Crippen LogP contribution in [0.5, 0.6) is 17.2 Å². The molecule has 0 saturated carbocycles. The highest BCUT2D eigenvalue weighted by molar-refractivity contribution is 5.65. The minimum atomic E-state index is 0.446. The Labute approximate surface area is 170 Å². The molecule has 0 aliphatic carbocycles. The number of ether oxygens (including phenoxy) is 3. The van der Waals surface area contributed by atoms with Gasteiger partial charge in [0.2, 0.25) is 5.95 Å². The molecule has 29 heavy (non-hydrogen) atoms. The Hall–Kier alpha value is -3.55. The highest BCUT2D eigenvalue weighted by Crippen LogP contribution is 2.28. The lowest BCUT2D eigenvalue weighted by Crippen LogP contribution is -2.10. The van der Waals surface area contributed by atoms with Gasteiger partial charge in [-0.05, 0) is 48.7 Å². The van der Waals surface area contributed by atoms with Crippen molar-refractivity contribution in [1.82, 2.24) is 15.2 Å². The highest BCUT2D eigenvalue weighted by Gasteiger charge is 2.07. The van der Waals surface area contributed by atoms with Gasteiger partial charge in [-0.2, -0.15) is 10.1 Å². The largest absolute Gasteiger partial charge is 0.495 e. The first-order valence-corrected chi connectivity index (χ1v) is 9.19. The van der Waals surface area contributed by atoms with Crippen molar-refractivity contribution in [2.24, 2.45) is 0 Å². The average Bonchev–Trinajstić information content (AvgIpc) is 2.74. The fraction of sp³-hybridized carbons (Fsp3) is 0.286. The highest BCUT2D eigenvalue weighted by atomic mass is 16.5. The molecule has 0 aliphatic rings. The predicted octanol–water partition coefficient (Wildman–Crippen LogP) is 3.60. The fourth-order valence-electron chi connectivity index (χ4n) is 2.85. The van der Waals surface area contributed by atoms with E-state index < -0.39 is 0 Å². The second kappa shape index (κ2) is 9.59. The Balaban J connectivity index is 1.63. The molecule has 0 fully saturated rings. The van der Waals surface area contributed by atoms with Crippen LogP contribution in [0.3, 0.4) is 0 Å². The first kappa shape index (κ1) is 20.2. The van der Waals surface area contributed by atoms with Crippen LogP contribution >= 0.6 is 0 Å². The van der Waals surface area contributed by atoms with Gasteiger partial charge in [0.15, 0.2) is 17.3 Å². The molecular weight excluding hydrogens is 370 g/mol. The summed E-state index contributed by atoms with van der Waals surface area (Å²) in [7, 11) is 4.88. The zero-order chi connectivity index (χ0) is 20.6. The molecule has 0 unspecified atom stereocenters. The van der Waals surface area contributed by atoms with Crippen molar-refractivity contribution in [2.45, 2.75) is 13.3 Å². The Morgan fingerprint density at radius 2 is 1.66 bits per heavy atom. The molecule has 3 aromatic rings. The molecule has 152 valence electrons. The van der Waals surface area contributed by atoms with E-state index in [1.165, 1.54) is 0 Å². The minimum absolute atomic E-state index is 0.446. The van der Waals surface area contributed by atoms with Gasteiger partial charge in [0.05, 0.1) is 33.2 Å². The van der Waals surface area contributed by atoms with E-state index in [9.17, 15) is 0 Å². The number of anilines is 3. The lowest BCUT2D eigenvalue weighted by Gasteiger charge is -2.12. The van der Waals surface area contributed by atoms with E-state index in [1.54, 1.807) is 27.5 Å². The molecule has 2 N–H and O–H groups in total. The molecule has 0 bridgehead atoms. The van der Waals surface area contributed by atoms with Crippen molar-refractivity contribution in [3.05, 3.63) is 53.7 Å². The number of benzene rings is 2. The molecule has 0 atom stereocenters. The zero-order valence-electron chi connectivity index (χ0n) is 17.0. The van der Waals surface area contributed by atoms with Crippen LogP contribution in [0.2, 0.25) is 0 Å². The topological polar surface area (TPSA) is 90.4 Å². The van der Waals surface area contributed by atoms with Crippen molar-refractivity contribution in [2.75, 3.05) is 38.5 Å². The van der Waals surface area contributed by atoms with E-state index in [2.05, 4.69) is 25.8 Å². The number of rotatable bonds is 9. The Morgan fingerprint density at radius 1 is 0.897 bits per heavy atom. The number of nitrogens with one attached hydrogen (secondary N) is 2. The molecule has 8 nitrogen and oxygen atoms in total. The molecule has 0 aliphatic heterocycles. The van der Waals surface area contributed by atoms with E-state index >= 15 is 0 Å². The third-order valence-corrected chi connectivity index (χ3v) is 4.32.